The number of carboxylic acids is 1. The lowest BCUT2D eigenvalue weighted by Gasteiger charge is -2.22. The normalized spacial score (nSPS) is 14.2. The van der Waals surface area contributed by atoms with Crippen LogP contribution in [0, 0.1) is 11.3 Å². The molecule has 188 valence electrons. The van der Waals surface area contributed by atoms with Gasteiger partial charge in [-0.1, -0.05) is 44.2 Å². The molecule has 0 bridgehead atoms. The molecule has 1 aliphatic rings. The summed E-state index contributed by atoms with van der Waals surface area (Å²) in [4.78, 5) is 20.5. The lowest BCUT2D eigenvalue weighted by atomic mass is 9.85. The van der Waals surface area contributed by atoms with Crippen molar-refractivity contribution in [2.45, 2.75) is 52.1 Å². The van der Waals surface area contributed by atoms with E-state index < -0.39 is 5.97 Å². The van der Waals surface area contributed by atoms with Gasteiger partial charge in [0.1, 0.15) is 12.4 Å². The quantitative estimate of drug-likeness (QED) is 0.296. The zero-order valence-corrected chi connectivity index (χ0v) is 21.2. The number of nitrogens with zero attached hydrogens (tertiary/aromatic N) is 2. The van der Waals surface area contributed by atoms with Crippen molar-refractivity contribution < 1.29 is 19.4 Å². The van der Waals surface area contributed by atoms with Gasteiger partial charge in [0.05, 0.1) is 25.4 Å². The van der Waals surface area contributed by atoms with Crippen LogP contribution in [0.5, 0.6) is 11.6 Å². The summed E-state index contributed by atoms with van der Waals surface area (Å²) < 4.78 is 11.4. The average molecular weight is 487 g/mol. The van der Waals surface area contributed by atoms with Gasteiger partial charge in [-0.15, -0.1) is 6.58 Å². The maximum absolute atomic E-state index is 11.4. The standard InChI is InChI=1S/C30H34N2O4/c1-5-30(2,3)16-24-14-25(18-32-29(24)23-11-12-27(35-4)31-17-23)36-19-20-7-6-8-22(13-20)26(15-28(33)34)21-9-10-21/h5-8,11-14,17-18,21,26H,1,9-10,15-16,19H2,2-4H3,(H,33,34). The molecule has 0 aliphatic heterocycles. The molecular weight excluding hydrogens is 452 g/mol. The second-order valence-corrected chi connectivity index (χ2v) is 10.2. The Morgan fingerprint density at radius 3 is 2.64 bits per heavy atom. The average Bonchev–Trinajstić information content (AvgIpc) is 3.71. The summed E-state index contributed by atoms with van der Waals surface area (Å²) in [6.07, 6.45) is 8.58. The number of allylic oxidation sites excluding steroid dienone is 1. The van der Waals surface area contributed by atoms with Gasteiger partial charge in [-0.3, -0.25) is 9.78 Å². The van der Waals surface area contributed by atoms with Gasteiger partial charge in [-0.25, -0.2) is 4.98 Å². The number of hydrogen-bond acceptors (Lipinski definition) is 5. The van der Waals surface area contributed by atoms with E-state index in [4.69, 9.17) is 14.5 Å². The summed E-state index contributed by atoms with van der Waals surface area (Å²) in [5.74, 6) is 1.03. The Morgan fingerprint density at radius 2 is 2.00 bits per heavy atom. The topological polar surface area (TPSA) is 81.5 Å². The molecule has 6 heteroatoms. The van der Waals surface area contributed by atoms with Crippen molar-refractivity contribution >= 4 is 5.97 Å². The highest BCUT2D eigenvalue weighted by molar-refractivity contribution is 5.68. The Labute approximate surface area is 213 Å². The molecule has 0 amide bonds. The molecule has 1 aliphatic carbocycles. The van der Waals surface area contributed by atoms with E-state index in [1.165, 1.54) is 0 Å². The summed E-state index contributed by atoms with van der Waals surface area (Å²) in [5, 5.41) is 9.35. The van der Waals surface area contributed by atoms with E-state index in [0.717, 1.165) is 47.2 Å². The second-order valence-electron chi connectivity index (χ2n) is 10.2. The fraction of sp³-hybridized carbons (Fsp3) is 0.367. The van der Waals surface area contributed by atoms with Crippen LogP contribution >= 0.6 is 0 Å². The molecule has 0 spiro atoms. The maximum atomic E-state index is 11.4. The zero-order valence-electron chi connectivity index (χ0n) is 21.2. The highest BCUT2D eigenvalue weighted by atomic mass is 16.5. The number of hydrogen-bond donors (Lipinski definition) is 1. The van der Waals surface area contributed by atoms with E-state index in [9.17, 15) is 9.90 Å². The first-order valence-electron chi connectivity index (χ1n) is 12.3. The molecule has 1 N–H and O–H groups in total. The second kappa shape index (κ2) is 10.9. The van der Waals surface area contributed by atoms with Crippen molar-refractivity contribution in [3.05, 3.63) is 84.2 Å². The molecule has 1 saturated carbocycles. The number of aliphatic carboxylic acids is 1. The Hall–Kier alpha value is -3.67. The third kappa shape index (κ3) is 6.51. The van der Waals surface area contributed by atoms with Gasteiger partial charge in [0.2, 0.25) is 5.88 Å². The first kappa shape index (κ1) is 25.4. The van der Waals surface area contributed by atoms with Gasteiger partial charge in [-0.05, 0) is 65.3 Å². The number of benzene rings is 1. The summed E-state index contributed by atoms with van der Waals surface area (Å²) in [7, 11) is 1.60. The Kier molecular flexibility index (Phi) is 7.73. The first-order chi connectivity index (χ1) is 17.3. The van der Waals surface area contributed by atoms with E-state index in [0.29, 0.717) is 24.2 Å². The van der Waals surface area contributed by atoms with Crippen LogP contribution in [-0.2, 0) is 17.8 Å². The van der Waals surface area contributed by atoms with Crippen molar-refractivity contribution in [3.63, 3.8) is 0 Å². The Balaban J connectivity index is 1.55. The highest BCUT2D eigenvalue weighted by Gasteiger charge is 2.33. The summed E-state index contributed by atoms with van der Waals surface area (Å²) >= 11 is 0. The molecule has 1 fully saturated rings. The molecule has 36 heavy (non-hydrogen) atoms. The summed E-state index contributed by atoms with van der Waals surface area (Å²) in [6, 6.07) is 13.9. The van der Waals surface area contributed by atoms with E-state index in [2.05, 4.69) is 31.5 Å². The number of aromatic nitrogens is 2. The molecule has 1 atom stereocenters. The van der Waals surface area contributed by atoms with Crippen molar-refractivity contribution in [3.8, 4) is 22.9 Å². The molecule has 0 saturated heterocycles. The van der Waals surface area contributed by atoms with Gasteiger partial charge >= 0.3 is 5.97 Å². The minimum absolute atomic E-state index is 0.0641. The Morgan fingerprint density at radius 1 is 1.19 bits per heavy atom. The minimum atomic E-state index is -0.748. The Bertz CT molecular complexity index is 1220. The zero-order chi connectivity index (χ0) is 25.7. The largest absolute Gasteiger partial charge is 0.487 e. The van der Waals surface area contributed by atoms with Gasteiger partial charge in [0.15, 0.2) is 0 Å². The number of rotatable bonds is 12. The molecule has 6 nitrogen and oxygen atoms in total. The minimum Gasteiger partial charge on any atom is -0.487 e. The van der Waals surface area contributed by atoms with Crippen LogP contribution in [0.2, 0.25) is 0 Å². The molecule has 2 aromatic heterocycles. The number of pyridine rings is 2. The molecule has 0 radical (unpaired) electrons. The van der Waals surface area contributed by atoms with Crippen LogP contribution in [0.15, 0.2) is 67.5 Å². The van der Waals surface area contributed by atoms with Crippen LogP contribution in [0.3, 0.4) is 0 Å². The molecule has 3 aromatic rings. The summed E-state index contributed by atoms with van der Waals surface area (Å²) in [5.41, 5.74) is 4.79. The van der Waals surface area contributed by atoms with E-state index in [1.807, 2.05) is 42.5 Å². The number of carboxylic acid groups (broad SMARTS) is 1. The lowest BCUT2D eigenvalue weighted by molar-refractivity contribution is -0.137. The van der Waals surface area contributed by atoms with Crippen LogP contribution in [-0.4, -0.2) is 28.2 Å². The lowest BCUT2D eigenvalue weighted by Crippen LogP contribution is -2.12. The molecule has 1 unspecified atom stereocenters. The monoisotopic (exact) mass is 486 g/mol. The summed E-state index contributed by atoms with van der Waals surface area (Å²) in [6.45, 7) is 8.66. The molecule has 4 rings (SSSR count). The van der Waals surface area contributed by atoms with E-state index in [1.54, 1.807) is 19.5 Å². The SMILES string of the molecule is C=CC(C)(C)Cc1cc(OCc2cccc(C(CC(=O)O)C3CC3)c2)cnc1-c1ccc(OC)nc1. The van der Waals surface area contributed by atoms with Crippen molar-refractivity contribution in [2.75, 3.05) is 7.11 Å². The predicted octanol–water partition coefficient (Wildman–Crippen LogP) is 6.45. The van der Waals surface area contributed by atoms with Crippen molar-refractivity contribution in [1.29, 1.82) is 0 Å². The molecule has 2 heterocycles. The highest BCUT2D eigenvalue weighted by Crippen LogP contribution is 2.44. The molecular formula is C30H34N2O4. The predicted molar refractivity (Wildman–Crippen MR) is 140 cm³/mol. The fourth-order valence-electron chi connectivity index (χ4n) is 4.49. The van der Waals surface area contributed by atoms with E-state index >= 15 is 0 Å². The maximum Gasteiger partial charge on any atom is 0.303 e. The van der Waals surface area contributed by atoms with Gasteiger partial charge in [-0.2, -0.15) is 0 Å². The van der Waals surface area contributed by atoms with Crippen molar-refractivity contribution in [2.24, 2.45) is 11.3 Å². The van der Waals surface area contributed by atoms with Crippen LogP contribution in [0.1, 0.15) is 55.7 Å². The van der Waals surface area contributed by atoms with Crippen molar-refractivity contribution in [1.82, 2.24) is 9.97 Å². The third-order valence-electron chi connectivity index (χ3n) is 6.73. The van der Waals surface area contributed by atoms with E-state index in [-0.39, 0.29) is 17.8 Å². The van der Waals surface area contributed by atoms with Crippen LogP contribution in [0.4, 0.5) is 0 Å². The smallest absolute Gasteiger partial charge is 0.303 e. The first-order valence-corrected chi connectivity index (χ1v) is 12.3. The van der Waals surface area contributed by atoms with Gasteiger partial charge in [0, 0.05) is 17.8 Å². The number of carbonyl (C=O) groups is 1. The molecule has 1 aromatic carbocycles. The number of ether oxygens (including phenoxy) is 2. The van der Waals surface area contributed by atoms with Crippen LogP contribution < -0.4 is 9.47 Å². The van der Waals surface area contributed by atoms with Gasteiger partial charge in [0.25, 0.3) is 0 Å². The van der Waals surface area contributed by atoms with Crippen LogP contribution in [0.25, 0.3) is 11.3 Å². The fourth-order valence-corrected chi connectivity index (χ4v) is 4.49. The van der Waals surface area contributed by atoms with Gasteiger partial charge < -0.3 is 14.6 Å². The third-order valence-corrected chi connectivity index (χ3v) is 6.73. The number of methoxy groups -OCH3 is 1.